The van der Waals surface area contributed by atoms with Gasteiger partial charge in [-0.05, 0) is 6.07 Å². The molecule has 1 rings (SSSR count). The lowest BCUT2D eigenvalue weighted by Gasteiger charge is -2.07. The Morgan fingerprint density at radius 2 is 2.15 bits per heavy atom. The summed E-state index contributed by atoms with van der Waals surface area (Å²) in [6.45, 7) is -0.628. The number of hydrogen-bond acceptors (Lipinski definition) is 4. The molecule has 0 unspecified atom stereocenters. The molecule has 0 radical (unpaired) electrons. The molecular formula is C7H8F2N2O2. The highest BCUT2D eigenvalue weighted by Crippen LogP contribution is 2.31. The minimum Gasteiger partial charge on any atom is -0.505 e. The number of aromatic hydroxyl groups is 1. The Morgan fingerprint density at radius 3 is 2.62 bits per heavy atom. The quantitative estimate of drug-likeness (QED) is 0.644. The van der Waals surface area contributed by atoms with E-state index in [1.807, 2.05) is 0 Å². The van der Waals surface area contributed by atoms with Gasteiger partial charge in [0, 0.05) is 0 Å². The molecule has 0 aliphatic heterocycles. The number of anilines is 1. The average Bonchev–Trinajstić information content (AvgIpc) is 2.08. The zero-order valence-electron chi connectivity index (χ0n) is 6.54. The normalized spacial score (nSPS) is 10.8. The lowest BCUT2D eigenvalue weighted by molar-refractivity contribution is 0.146. The number of nitrogen functional groups attached to an aromatic ring is 1. The minimum absolute atomic E-state index is 0.155. The molecule has 6 heteroatoms. The van der Waals surface area contributed by atoms with Crippen LogP contribution < -0.4 is 5.73 Å². The van der Waals surface area contributed by atoms with Crippen LogP contribution in [0.1, 0.15) is 17.7 Å². The second-order valence-corrected chi connectivity index (χ2v) is 2.39. The van der Waals surface area contributed by atoms with Crippen LogP contribution in [0.15, 0.2) is 6.07 Å². The molecule has 4 N–H and O–H groups in total. The van der Waals surface area contributed by atoms with Gasteiger partial charge in [0.05, 0.1) is 12.2 Å². The number of nitrogens with two attached hydrogens (primary N) is 1. The molecule has 0 amide bonds. The molecule has 0 saturated heterocycles. The number of aliphatic hydroxyl groups is 1. The number of aromatic nitrogens is 1. The van der Waals surface area contributed by atoms with Crippen molar-refractivity contribution >= 4 is 5.82 Å². The zero-order chi connectivity index (χ0) is 10.0. The summed E-state index contributed by atoms with van der Waals surface area (Å²) in [6, 6.07) is 0.874. The van der Waals surface area contributed by atoms with Gasteiger partial charge in [0.2, 0.25) is 0 Å². The summed E-state index contributed by atoms with van der Waals surface area (Å²) < 4.78 is 24.4. The van der Waals surface area contributed by atoms with Gasteiger partial charge < -0.3 is 15.9 Å². The van der Waals surface area contributed by atoms with Crippen LogP contribution in [0.5, 0.6) is 5.75 Å². The molecule has 0 atom stereocenters. The lowest BCUT2D eigenvalue weighted by Crippen LogP contribution is -2.00. The van der Waals surface area contributed by atoms with Gasteiger partial charge in [0.1, 0.15) is 17.3 Å². The van der Waals surface area contributed by atoms with E-state index in [1.165, 1.54) is 0 Å². The van der Waals surface area contributed by atoms with Crippen LogP contribution in [0.4, 0.5) is 14.6 Å². The molecule has 1 heterocycles. The summed E-state index contributed by atoms with van der Waals surface area (Å²) in [4.78, 5) is 3.48. The number of rotatable bonds is 2. The third kappa shape index (κ3) is 1.83. The van der Waals surface area contributed by atoms with Crippen LogP contribution in [-0.4, -0.2) is 15.2 Å². The Kier molecular flexibility index (Phi) is 2.62. The maximum Gasteiger partial charge on any atom is 0.267 e. The Balaban J connectivity index is 3.27. The fourth-order valence-electron chi connectivity index (χ4n) is 0.912. The van der Waals surface area contributed by atoms with Crippen molar-refractivity contribution in [3.63, 3.8) is 0 Å². The molecule has 0 aliphatic rings. The first-order valence-corrected chi connectivity index (χ1v) is 3.43. The van der Waals surface area contributed by atoms with E-state index in [9.17, 15) is 8.78 Å². The van der Waals surface area contributed by atoms with E-state index in [4.69, 9.17) is 15.9 Å². The minimum atomic E-state index is -2.84. The van der Waals surface area contributed by atoms with Crippen molar-refractivity contribution < 1.29 is 19.0 Å². The van der Waals surface area contributed by atoms with Crippen molar-refractivity contribution in [3.8, 4) is 5.75 Å². The summed E-state index contributed by atoms with van der Waals surface area (Å²) in [5.74, 6) is -0.858. The predicted octanol–water partition coefficient (Wildman–Crippen LogP) is 0.799. The number of halogens is 2. The Morgan fingerprint density at radius 1 is 1.54 bits per heavy atom. The van der Waals surface area contributed by atoms with Gasteiger partial charge in [0.15, 0.2) is 0 Å². The van der Waals surface area contributed by atoms with Crippen LogP contribution in [0.3, 0.4) is 0 Å². The fourth-order valence-corrected chi connectivity index (χ4v) is 0.912. The predicted molar refractivity (Wildman–Crippen MR) is 41.2 cm³/mol. The summed E-state index contributed by atoms with van der Waals surface area (Å²) in [5, 5.41) is 17.8. The lowest BCUT2D eigenvalue weighted by atomic mass is 10.2. The van der Waals surface area contributed by atoms with E-state index in [2.05, 4.69) is 4.98 Å². The van der Waals surface area contributed by atoms with Crippen molar-refractivity contribution in [3.05, 3.63) is 17.3 Å². The van der Waals surface area contributed by atoms with Gasteiger partial charge in [-0.1, -0.05) is 0 Å². The first kappa shape index (κ1) is 9.66. The molecule has 72 valence electrons. The van der Waals surface area contributed by atoms with Crippen LogP contribution >= 0.6 is 0 Å². The van der Waals surface area contributed by atoms with E-state index in [1.54, 1.807) is 0 Å². The third-order valence-electron chi connectivity index (χ3n) is 1.50. The van der Waals surface area contributed by atoms with Crippen LogP contribution in [0, 0.1) is 0 Å². The molecule has 0 aliphatic carbocycles. The van der Waals surface area contributed by atoms with Crippen molar-refractivity contribution in [1.82, 2.24) is 4.98 Å². The average molecular weight is 190 g/mol. The molecule has 0 saturated carbocycles. The first-order valence-electron chi connectivity index (χ1n) is 3.43. The maximum absolute atomic E-state index is 12.2. The smallest absolute Gasteiger partial charge is 0.267 e. The highest BCUT2D eigenvalue weighted by atomic mass is 19.3. The van der Waals surface area contributed by atoms with Gasteiger partial charge in [-0.15, -0.1) is 0 Å². The number of hydrogen-bond donors (Lipinski definition) is 3. The molecule has 13 heavy (non-hydrogen) atoms. The van der Waals surface area contributed by atoms with Crippen molar-refractivity contribution in [2.45, 2.75) is 13.0 Å². The second-order valence-electron chi connectivity index (χ2n) is 2.39. The van der Waals surface area contributed by atoms with Gasteiger partial charge in [-0.2, -0.15) is 0 Å². The number of aliphatic hydroxyl groups excluding tert-OH is 1. The Hall–Kier alpha value is -1.43. The van der Waals surface area contributed by atoms with Gasteiger partial charge in [-0.3, -0.25) is 0 Å². The summed E-state index contributed by atoms with van der Waals surface area (Å²) in [6.07, 6.45) is -2.84. The van der Waals surface area contributed by atoms with Crippen LogP contribution in [-0.2, 0) is 6.61 Å². The van der Waals surface area contributed by atoms with E-state index in [-0.39, 0.29) is 11.5 Å². The summed E-state index contributed by atoms with van der Waals surface area (Å²) in [7, 11) is 0. The van der Waals surface area contributed by atoms with Crippen LogP contribution in [0.2, 0.25) is 0 Å². The number of pyridine rings is 1. The van der Waals surface area contributed by atoms with Crippen molar-refractivity contribution in [2.75, 3.05) is 5.73 Å². The molecular weight excluding hydrogens is 182 g/mol. The molecule has 4 nitrogen and oxygen atoms in total. The molecule has 0 spiro atoms. The molecule has 0 aromatic carbocycles. The van der Waals surface area contributed by atoms with E-state index < -0.39 is 24.3 Å². The zero-order valence-corrected chi connectivity index (χ0v) is 6.54. The van der Waals surface area contributed by atoms with E-state index >= 15 is 0 Å². The maximum atomic E-state index is 12.2. The van der Waals surface area contributed by atoms with Crippen molar-refractivity contribution in [2.24, 2.45) is 0 Å². The highest BCUT2D eigenvalue weighted by molar-refractivity contribution is 5.45. The van der Waals surface area contributed by atoms with E-state index in [0.717, 1.165) is 6.07 Å². The second kappa shape index (κ2) is 3.53. The molecule has 0 fully saturated rings. The fraction of sp³-hybridized carbons (Fsp3) is 0.286. The van der Waals surface area contributed by atoms with Crippen molar-refractivity contribution in [1.29, 1.82) is 0 Å². The topological polar surface area (TPSA) is 79.4 Å². The summed E-state index contributed by atoms with van der Waals surface area (Å²) in [5.41, 5.74) is 4.32. The molecule has 1 aromatic heterocycles. The largest absolute Gasteiger partial charge is 0.505 e. The Bertz CT molecular complexity index is 318. The summed E-state index contributed by atoms with van der Waals surface area (Å²) >= 11 is 0. The van der Waals surface area contributed by atoms with Gasteiger partial charge in [0.25, 0.3) is 6.43 Å². The number of alkyl halides is 2. The van der Waals surface area contributed by atoms with E-state index in [0.29, 0.717) is 0 Å². The first-order chi connectivity index (χ1) is 6.06. The number of nitrogens with zero attached hydrogens (tertiary/aromatic N) is 1. The standard InChI is InChI=1S/C7H8F2N2O2/c8-7(9)3-1-5(10)11-4(2-12)6(3)13/h1,7,12-13H,2H2,(H2,10,11). The third-order valence-corrected chi connectivity index (χ3v) is 1.50. The van der Waals surface area contributed by atoms with Gasteiger partial charge in [-0.25, -0.2) is 13.8 Å². The molecule has 1 aromatic rings. The van der Waals surface area contributed by atoms with Crippen LogP contribution in [0.25, 0.3) is 0 Å². The Labute approximate surface area is 72.6 Å². The highest BCUT2D eigenvalue weighted by Gasteiger charge is 2.17. The monoisotopic (exact) mass is 190 g/mol. The molecule has 0 bridgehead atoms. The SMILES string of the molecule is Nc1cc(C(F)F)c(O)c(CO)n1. The van der Waals surface area contributed by atoms with Gasteiger partial charge >= 0.3 is 0 Å².